The topological polar surface area (TPSA) is 99.5 Å². The highest BCUT2D eigenvalue weighted by Crippen LogP contribution is 2.52. The molecule has 0 saturated heterocycles. The molecule has 0 radical (unpaired) electrons. The molecule has 1 unspecified atom stereocenters. The third-order valence-electron chi connectivity index (χ3n) is 7.92. The van der Waals surface area contributed by atoms with Crippen molar-refractivity contribution in [3.8, 4) is 17.6 Å². The van der Waals surface area contributed by atoms with Crippen molar-refractivity contribution in [2.24, 2.45) is 0 Å². The molecule has 0 fully saturated rings. The molecule has 3 aromatic rings. The van der Waals surface area contributed by atoms with Crippen molar-refractivity contribution in [2.45, 2.75) is 70.3 Å². The van der Waals surface area contributed by atoms with Crippen LogP contribution in [0.25, 0.3) is 0 Å². The van der Waals surface area contributed by atoms with Gasteiger partial charge in [0.2, 0.25) is 0 Å². The van der Waals surface area contributed by atoms with Crippen LogP contribution in [0.15, 0.2) is 91.5 Å². The zero-order chi connectivity index (χ0) is 35.6. The van der Waals surface area contributed by atoms with Gasteiger partial charge in [-0.15, -0.1) is 0 Å². The molecule has 0 saturated carbocycles. The molecule has 0 aliphatic heterocycles. The maximum absolute atomic E-state index is 12.1. The van der Waals surface area contributed by atoms with Gasteiger partial charge in [-0.1, -0.05) is 67.3 Å². The van der Waals surface area contributed by atoms with Gasteiger partial charge in [0.1, 0.15) is 32.0 Å². The fourth-order valence-corrected chi connectivity index (χ4v) is 8.31. The number of carbonyl (C=O) groups excluding carboxylic acids is 1. The van der Waals surface area contributed by atoms with Crippen molar-refractivity contribution < 1.29 is 33.0 Å². The highest BCUT2D eigenvalue weighted by Gasteiger charge is 2.41. The monoisotopic (exact) mass is 690 g/mol. The summed E-state index contributed by atoms with van der Waals surface area (Å²) in [5.41, 5.74) is 1.67. The smallest absolute Gasteiger partial charge is 0.497 e. The van der Waals surface area contributed by atoms with Gasteiger partial charge in [-0.05, 0) is 81.5 Å². The van der Waals surface area contributed by atoms with Gasteiger partial charge in [0.05, 0.1) is 46.5 Å². The van der Waals surface area contributed by atoms with Gasteiger partial charge in [-0.2, -0.15) is 5.26 Å². The third-order valence-corrected chi connectivity index (χ3v) is 10.8. The first kappa shape index (κ1) is 39.5. The minimum absolute atomic E-state index is 0.0867. The second kappa shape index (κ2) is 20.6. The second-order valence-corrected chi connectivity index (χ2v) is 14.0. The Morgan fingerprint density at radius 3 is 1.90 bits per heavy atom. The molecule has 0 bridgehead atoms. The quantitative estimate of drug-likeness (QED) is 0.0357. The number of rotatable bonds is 21. The predicted molar refractivity (Wildman–Crippen MR) is 194 cm³/mol. The molecule has 0 amide bonds. The Hall–Kier alpha value is -3.93. The molecular formula is C39H51N2O7P. The third kappa shape index (κ3) is 11.0. The van der Waals surface area contributed by atoms with Gasteiger partial charge in [0.25, 0.3) is 0 Å². The van der Waals surface area contributed by atoms with Crippen LogP contribution >= 0.6 is 8.30 Å². The van der Waals surface area contributed by atoms with E-state index in [2.05, 4.69) is 57.1 Å². The lowest BCUT2D eigenvalue weighted by atomic mass is 9.80. The van der Waals surface area contributed by atoms with Crippen LogP contribution in [0.4, 0.5) is 4.79 Å². The van der Waals surface area contributed by atoms with E-state index in [0.29, 0.717) is 26.1 Å². The second-order valence-electron chi connectivity index (χ2n) is 11.9. The summed E-state index contributed by atoms with van der Waals surface area (Å²) in [4.78, 5) is 12.1. The molecule has 49 heavy (non-hydrogen) atoms. The Morgan fingerprint density at radius 1 is 0.857 bits per heavy atom. The van der Waals surface area contributed by atoms with E-state index >= 15 is 0 Å². The fourth-order valence-electron chi connectivity index (χ4n) is 5.79. The number of benzene rings is 3. The van der Waals surface area contributed by atoms with E-state index < -0.39 is 20.1 Å². The Labute approximate surface area is 293 Å². The number of hydrogen-bond donors (Lipinski definition) is 0. The van der Waals surface area contributed by atoms with Crippen molar-refractivity contribution in [1.29, 1.82) is 5.26 Å². The Balaban J connectivity index is 2.13. The number of nitrogens with zero attached hydrogens (tertiary/aromatic N) is 2. The molecule has 0 aromatic heterocycles. The molecule has 10 heteroatoms. The van der Waals surface area contributed by atoms with E-state index in [4.69, 9.17) is 28.2 Å². The number of carbonyl (C=O) groups is 1. The normalized spacial score (nSPS) is 12.7. The van der Waals surface area contributed by atoms with Crippen LogP contribution in [0.5, 0.6) is 11.5 Å². The van der Waals surface area contributed by atoms with Crippen LogP contribution < -0.4 is 9.47 Å². The average Bonchev–Trinajstić information content (AvgIpc) is 3.12. The molecule has 0 aliphatic rings. The summed E-state index contributed by atoms with van der Waals surface area (Å²) in [6, 6.07) is 28.6. The molecule has 264 valence electrons. The summed E-state index contributed by atoms with van der Waals surface area (Å²) >= 11 is 0. The maximum Gasteiger partial charge on any atom is 0.508 e. The zero-order valence-corrected chi connectivity index (χ0v) is 30.6. The Morgan fingerprint density at radius 2 is 1.41 bits per heavy atom. The van der Waals surface area contributed by atoms with E-state index in [1.807, 2.05) is 66.7 Å². The van der Waals surface area contributed by atoms with Crippen molar-refractivity contribution in [3.05, 3.63) is 108 Å². The summed E-state index contributed by atoms with van der Waals surface area (Å²) < 4.78 is 37.7. The summed E-state index contributed by atoms with van der Waals surface area (Å²) in [5, 5.41) is 9.38. The van der Waals surface area contributed by atoms with Gasteiger partial charge in [0.15, 0.2) is 0 Å². The largest absolute Gasteiger partial charge is 0.508 e. The van der Waals surface area contributed by atoms with Crippen molar-refractivity contribution in [3.63, 3.8) is 0 Å². The lowest BCUT2D eigenvalue weighted by Crippen LogP contribution is -2.40. The summed E-state index contributed by atoms with van der Waals surface area (Å²) in [6.45, 7) is 13.1. The minimum atomic E-state index is -1.26. The van der Waals surface area contributed by atoms with E-state index in [1.54, 1.807) is 14.2 Å². The molecule has 0 spiro atoms. The van der Waals surface area contributed by atoms with E-state index in [1.165, 1.54) is 6.08 Å². The van der Waals surface area contributed by atoms with Gasteiger partial charge in [-0.3, -0.25) is 4.67 Å². The fraction of sp³-hybridized carbons (Fsp3) is 0.436. The number of nitriles is 1. The van der Waals surface area contributed by atoms with Gasteiger partial charge < -0.3 is 28.2 Å². The number of ether oxygens (including phenoxy) is 5. The summed E-state index contributed by atoms with van der Waals surface area (Å²) in [5.74, 6) is 1.48. The maximum atomic E-state index is 12.1. The average molecular weight is 691 g/mol. The van der Waals surface area contributed by atoms with Crippen LogP contribution in [-0.4, -0.2) is 69.2 Å². The highest BCUT2D eigenvalue weighted by atomic mass is 31.2. The molecule has 0 aliphatic carbocycles. The molecule has 3 rings (SSSR count). The summed E-state index contributed by atoms with van der Waals surface area (Å²) in [7, 11) is 2.04. The van der Waals surface area contributed by atoms with Crippen LogP contribution in [0, 0.1) is 11.3 Å². The minimum Gasteiger partial charge on any atom is -0.497 e. The Kier molecular flexibility index (Phi) is 16.6. The van der Waals surface area contributed by atoms with Crippen molar-refractivity contribution >= 4 is 14.5 Å². The number of methoxy groups -OCH3 is 2. The SMILES string of the molecule is C=CCOC(=O)OCCC[C@@H](COC(c1ccccc1)(c1ccc(OC)cc1)c1ccc(OC)cc1)P(OCCC#N)N(C(C)C)C(C)C. The lowest BCUT2D eigenvalue weighted by Gasteiger charge is -2.43. The van der Waals surface area contributed by atoms with Gasteiger partial charge >= 0.3 is 6.16 Å². The summed E-state index contributed by atoms with van der Waals surface area (Å²) in [6.07, 6.45) is 2.25. The van der Waals surface area contributed by atoms with E-state index in [0.717, 1.165) is 28.2 Å². The van der Waals surface area contributed by atoms with Gasteiger partial charge in [0, 0.05) is 17.7 Å². The lowest BCUT2D eigenvalue weighted by molar-refractivity contribution is 0.00931. The predicted octanol–water partition coefficient (Wildman–Crippen LogP) is 8.86. The van der Waals surface area contributed by atoms with Crippen LogP contribution in [0.2, 0.25) is 0 Å². The molecule has 2 atom stereocenters. The molecule has 0 heterocycles. The highest BCUT2D eigenvalue weighted by molar-refractivity contribution is 7.50. The van der Waals surface area contributed by atoms with Crippen LogP contribution in [0.3, 0.4) is 0 Å². The van der Waals surface area contributed by atoms with Crippen LogP contribution in [0.1, 0.15) is 63.6 Å². The van der Waals surface area contributed by atoms with Crippen molar-refractivity contribution in [1.82, 2.24) is 4.67 Å². The number of hydrogen-bond acceptors (Lipinski definition) is 9. The van der Waals surface area contributed by atoms with Crippen LogP contribution in [-0.2, 0) is 24.3 Å². The zero-order valence-electron chi connectivity index (χ0n) is 29.7. The standard InChI is InChI=1S/C39H51N2O7P/c1-8-26-45-38(42)46-27-12-16-37(49(48-28-13-25-40)41(30(2)3)31(4)5)29-47-39(32-14-10-9-11-15-32,33-17-21-35(43-6)22-18-33)34-19-23-36(44-7)24-20-34/h8-11,14-15,17-24,30-31,37H,1,12-13,16,26-29H2,2-7H3/t37-,49?/m0/s1. The molecular weight excluding hydrogens is 639 g/mol. The van der Waals surface area contributed by atoms with Gasteiger partial charge in [-0.25, -0.2) is 4.79 Å². The first-order chi connectivity index (χ1) is 23.7. The van der Waals surface area contributed by atoms with E-state index in [-0.39, 0.29) is 37.4 Å². The van der Waals surface area contributed by atoms with Crippen molar-refractivity contribution in [2.75, 3.05) is 40.6 Å². The molecule has 0 N–H and O–H groups in total. The Bertz CT molecular complexity index is 1390. The molecule has 3 aromatic carbocycles. The first-order valence-electron chi connectivity index (χ1n) is 16.7. The first-order valence-corrected chi connectivity index (χ1v) is 18.0. The molecule has 9 nitrogen and oxygen atoms in total. The van der Waals surface area contributed by atoms with E-state index in [9.17, 15) is 10.1 Å².